The number of pyridine rings is 1. The second-order valence-corrected chi connectivity index (χ2v) is 4.63. The highest BCUT2D eigenvalue weighted by molar-refractivity contribution is 5.94. The van der Waals surface area contributed by atoms with E-state index in [-0.39, 0.29) is 23.1 Å². The molecule has 0 bridgehead atoms. The van der Waals surface area contributed by atoms with E-state index in [1.54, 1.807) is 17.0 Å². The Morgan fingerprint density at radius 1 is 1.16 bits per heavy atom. The summed E-state index contributed by atoms with van der Waals surface area (Å²) in [5.41, 5.74) is 1.00. The van der Waals surface area contributed by atoms with Gasteiger partial charge in [-0.3, -0.25) is 9.59 Å². The lowest BCUT2D eigenvalue weighted by Crippen LogP contribution is -2.46. The lowest BCUT2D eigenvalue weighted by atomic mass is 9.94. The van der Waals surface area contributed by atoms with Crippen molar-refractivity contribution in [3.63, 3.8) is 0 Å². The third-order valence-corrected chi connectivity index (χ3v) is 3.51. The van der Waals surface area contributed by atoms with Gasteiger partial charge in [0.25, 0.3) is 11.5 Å². The molecule has 1 aliphatic rings. The highest BCUT2D eigenvalue weighted by Gasteiger charge is 2.34. The van der Waals surface area contributed by atoms with Gasteiger partial charge in [0.15, 0.2) is 0 Å². The molecule has 1 fully saturated rings. The van der Waals surface area contributed by atoms with Crippen LogP contribution < -0.4 is 5.56 Å². The van der Waals surface area contributed by atoms with Crippen LogP contribution >= 0.6 is 0 Å². The predicted molar refractivity (Wildman–Crippen MR) is 71.9 cm³/mol. The molecule has 2 aromatic rings. The van der Waals surface area contributed by atoms with Crippen molar-refractivity contribution in [3.05, 3.63) is 70.1 Å². The summed E-state index contributed by atoms with van der Waals surface area (Å²) in [5, 5.41) is 0. The number of hydrogen-bond acceptors (Lipinski definition) is 2. The predicted octanol–water partition coefficient (Wildman–Crippen LogP) is 1.96. The smallest absolute Gasteiger partial charge is 0.260 e. The van der Waals surface area contributed by atoms with Gasteiger partial charge in [-0.15, -0.1) is 0 Å². The highest BCUT2D eigenvalue weighted by Crippen LogP contribution is 2.33. The van der Waals surface area contributed by atoms with Crippen LogP contribution in [0.1, 0.15) is 28.4 Å². The minimum absolute atomic E-state index is 0.0910. The number of H-pyrrole nitrogens is 1. The third-order valence-electron chi connectivity index (χ3n) is 3.51. The van der Waals surface area contributed by atoms with Crippen molar-refractivity contribution in [2.24, 2.45) is 0 Å². The SMILES string of the molecule is O=C(c1ccc[nH]c1=O)N1CC[C@@H]1c1ccccc1. The molecule has 4 nitrogen and oxygen atoms in total. The number of likely N-dealkylation sites (tertiary alicyclic amines) is 1. The summed E-state index contributed by atoms with van der Waals surface area (Å²) in [6.07, 6.45) is 2.48. The van der Waals surface area contributed by atoms with Crippen LogP contribution in [0.15, 0.2) is 53.5 Å². The van der Waals surface area contributed by atoms with E-state index < -0.39 is 0 Å². The maximum atomic E-state index is 12.3. The first kappa shape index (κ1) is 11.7. The molecule has 0 aliphatic carbocycles. The van der Waals surface area contributed by atoms with Crippen molar-refractivity contribution in [2.75, 3.05) is 6.54 Å². The van der Waals surface area contributed by atoms with E-state index >= 15 is 0 Å². The van der Waals surface area contributed by atoms with Crippen LogP contribution in [0.5, 0.6) is 0 Å². The summed E-state index contributed by atoms with van der Waals surface area (Å²) < 4.78 is 0. The van der Waals surface area contributed by atoms with Gasteiger partial charge in [0, 0.05) is 12.7 Å². The summed E-state index contributed by atoms with van der Waals surface area (Å²) in [5.74, 6) is -0.193. The van der Waals surface area contributed by atoms with Gasteiger partial charge in [0.1, 0.15) is 5.56 Å². The summed E-state index contributed by atoms with van der Waals surface area (Å²) in [6.45, 7) is 0.701. The molecule has 1 amide bonds. The molecule has 1 aliphatic heterocycles. The number of amides is 1. The number of benzene rings is 1. The first-order valence-electron chi connectivity index (χ1n) is 6.31. The van der Waals surface area contributed by atoms with Crippen molar-refractivity contribution >= 4 is 5.91 Å². The fraction of sp³-hybridized carbons (Fsp3) is 0.200. The number of nitrogens with one attached hydrogen (secondary N) is 1. The minimum Gasteiger partial charge on any atom is -0.331 e. The summed E-state index contributed by atoms with van der Waals surface area (Å²) in [6, 6.07) is 13.2. The molecule has 0 radical (unpaired) electrons. The van der Waals surface area contributed by atoms with Gasteiger partial charge in [-0.1, -0.05) is 30.3 Å². The molecule has 3 rings (SSSR count). The van der Waals surface area contributed by atoms with Crippen LogP contribution in [0.2, 0.25) is 0 Å². The molecule has 0 saturated carbocycles. The molecular formula is C15H14N2O2. The molecule has 1 atom stereocenters. The maximum Gasteiger partial charge on any atom is 0.260 e. The Bertz CT molecular complexity index is 648. The van der Waals surface area contributed by atoms with Crippen molar-refractivity contribution in [3.8, 4) is 0 Å². The Labute approximate surface area is 110 Å². The summed E-state index contributed by atoms with van der Waals surface area (Å²) in [4.78, 5) is 28.3. The van der Waals surface area contributed by atoms with Gasteiger partial charge in [-0.2, -0.15) is 0 Å². The Hall–Kier alpha value is -2.36. The minimum atomic E-state index is -0.328. The molecule has 19 heavy (non-hydrogen) atoms. The van der Waals surface area contributed by atoms with E-state index in [0.717, 1.165) is 12.0 Å². The Morgan fingerprint density at radius 2 is 1.95 bits per heavy atom. The van der Waals surface area contributed by atoms with Crippen molar-refractivity contribution in [1.29, 1.82) is 0 Å². The van der Waals surface area contributed by atoms with Crippen LogP contribution in [0, 0.1) is 0 Å². The van der Waals surface area contributed by atoms with Gasteiger partial charge in [0.2, 0.25) is 0 Å². The number of nitrogens with zero attached hydrogens (tertiary/aromatic N) is 1. The monoisotopic (exact) mass is 254 g/mol. The summed E-state index contributed by atoms with van der Waals surface area (Å²) in [7, 11) is 0. The van der Waals surface area contributed by atoms with Crippen LogP contribution in [-0.4, -0.2) is 22.3 Å². The molecule has 2 heterocycles. The van der Waals surface area contributed by atoms with Crippen molar-refractivity contribution in [2.45, 2.75) is 12.5 Å². The lowest BCUT2D eigenvalue weighted by Gasteiger charge is -2.41. The Balaban J connectivity index is 1.86. The Kier molecular flexibility index (Phi) is 2.91. The zero-order valence-electron chi connectivity index (χ0n) is 10.4. The fourth-order valence-electron chi connectivity index (χ4n) is 2.40. The quantitative estimate of drug-likeness (QED) is 0.890. The van der Waals surface area contributed by atoms with E-state index in [9.17, 15) is 9.59 Å². The maximum absolute atomic E-state index is 12.3. The largest absolute Gasteiger partial charge is 0.331 e. The molecule has 4 heteroatoms. The van der Waals surface area contributed by atoms with E-state index in [0.29, 0.717) is 6.54 Å². The zero-order chi connectivity index (χ0) is 13.2. The zero-order valence-corrected chi connectivity index (χ0v) is 10.4. The van der Waals surface area contributed by atoms with Gasteiger partial charge >= 0.3 is 0 Å². The van der Waals surface area contributed by atoms with Crippen molar-refractivity contribution in [1.82, 2.24) is 9.88 Å². The molecule has 1 aromatic heterocycles. The number of aromatic amines is 1. The van der Waals surface area contributed by atoms with Crippen LogP contribution in [-0.2, 0) is 0 Å². The second kappa shape index (κ2) is 4.72. The molecule has 1 saturated heterocycles. The van der Waals surface area contributed by atoms with E-state index in [1.165, 1.54) is 6.20 Å². The second-order valence-electron chi connectivity index (χ2n) is 4.63. The van der Waals surface area contributed by atoms with Crippen LogP contribution in [0.3, 0.4) is 0 Å². The number of carbonyl (C=O) groups is 1. The first-order chi connectivity index (χ1) is 9.27. The van der Waals surface area contributed by atoms with Gasteiger partial charge in [-0.25, -0.2) is 0 Å². The fourth-order valence-corrected chi connectivity index (χ4v) is 2.40. The number of aromatic nitrogens is 1. The lowest BCUT2D eigenvalue weighted by molar-refractivity contribution is 0.0458. The highest BCUT2D eigenvalue weighted by atomic mass is 16.2. The third kappa shape index (κ3) is 2.05. The molecule has 96 valence electrons. The van der Waals surface area contributed by atoms with Crippen molar-refractivity contribution < 1.29 is 4.79 Å². The molecule has 1 N–H and O–H groups in total. The topological polar surface area (TPSA) is 53.2 Å². The molecular weight excluding hydrogens is 240 g/mol. The molecule has 0 unspecified atom stereocenters. The van der Waals surface area contributed by atoms with Crippen LogP contribution in [0.25, 0.3) is 0 Å². The number of carbonyl (C=O) groups excluding carboxylic acids is 1. The average Bonchev–Trinajstić information content (AvgIpc) is 2.39. The standard InChI is InChI=1S/C15H14N2O2/c18-14-12(7-4-9-16-14)15(19)17-10-8-13(17)11-5-2-1-3-6-11/h1-7,9,13H,8,10H2,(H,16,18)/t13-/m1/s1. The normalized spacial score (nSPS) is 17.9. The molecule has 1 aromatic carbocycles. The van der Waals surface area contributed by atoms with Gasteiger partial charge in [0.05, 0.1) is 6.04 Å². The van der Waals surface area contributed by atoms with E-state index in [4.69, 9.17) is 0 Å². The molecule has 0 spiro atoms. The summed E-state index contributed by atoms with van der Waals surface area (Å²) >= 11 is 0. The van der Waals surface area contributed by atoms with Gasteiger partial charge < -0.3 is 9.88 Å². The first-order valence-corrected chi connectivity index (χ1v) is 6.31. The van der Waals surface area contributed by atoms with E-state index in [1.807, 2.05) is 30.3 Å². The average molecular weight is 254 g/mol. The number of hydrogen-bond donors (Lipinski definition) is 1. The van der Waals surface area contributed by atoms with E-state index in [2.05, 4.69) is 4.98 Å². The number of rotatable bonds is 2. The van der Waals surface area contributed by atoms with Crippen LogP contribution in [0.4, 0.5) is 0 Å². The Morgan fingerprint density at radius 3 is 2.58 bits per heavy atom. The van der Waals surface area contributed by atoms with Gasteiger partial charge in [-0.05, 0) is 24.1 Å².